The van der Waals surface area contributed by atoms with Gasteiger partial charge in [0.15, 0.2) is 0 Å². The van der Waals surface area contributed by atoms with Crippen LogP contribution in [0.4, 0.5) is 11.4 Å². The molecule has 0 spiro atoms. The fourth-order valence-electron chi connectivity index (χ4n) is 3.74. The van der Waals surface area contributed by atoms with Crippen LogP contribution in [0.2, 0.25) is 0 Å². The number of hydrogen-bond acceptors (Lipinski definition) is 5. The molecule has 0 radical (unpaired) electrons. The molecule has 0 aromatic heterocycles. The van der Waals surface area contributed by atoms with Crippen molar-refractivity contribution in [2.45, 2.75) is 37.6 Å². The van der Waals surface area contributed by atoms with Crippen LogP contribution in [0.25, 0.3) is 0 Å². The van der Waals surface area contributed by atoms with Gasteiger partial charge in [-0.3, -0.25) is 19.3 Å². The smallest absolute Gasteiger partial charge is 0.263 e. The number of aliphatic imine (C=N–C) groups is 1. The minimum atomic E-state index is -3.67. The van der Waals surface area contributed by atoms with E-state index in [0.717, 1.165) is 12.1 Å². The molecule has 2 amide bonds. The summed E-state index contributed by atoms with van der Waals surface area (Å²) < 4.78 is 27.1. The molecule has 31 heavy (non-hydrogen) atoms. The van der Waals surface area contributed by atoms with Crippen LogP contribution in [0.3, 0.4) is 0 Å². The molecule has 4 rings (SSSR count). The highest BCUT2D eigenvalue weighted by Crippen LogP contribution is 2.25. The molecule has 1 saturated heterocycles. The van der Waals surface area contributed by atoms with Gasteiger partial charge >= 0.3 is 0 Å². The molecular weight excluding hydrogens is 416 g/mol. The van der Waals surface area contributed by atoms with E-state index in [1.54, 1.807) is 47.4 Å². The molecule has 9 heteroatoms. The summed E-state index contributed by atoms with van der Waals surface area (Å²) in [7, 11) is -3.67. The van der Waals surface area contributed by atoms with Crippen LogP contribution >= 0.6 is 0 Å². The zero-order chi connectivity index (χ0) is 22.2. The van der Waals surface area contributed by atoms with Crippen LogP contribution in [0, 0.1) is 5.92 Å². The number of sulfonamides is 1. The summed E-state index contributed by atoms with van der Waals surface area (Å²) in [5.74, 6) is -0.221. The van der Waals surface area contributed by atoms with Crippen molar-refractivity contribution in [3.05, 3.63) is 54.1 Å². The minimum absolute atomic E-state index is 0.103. The molecule has 1 atom stereocenters. The van der Waals surface area contributed by atoms with Gasteiger partial charge in [0.2, 0.25) is 11.8 Å². The molecule has 2 N–H and O–H groups in total. The van der Waals surface area contributed by atoms with E-state index in [-0.39, 0.29) is 28.5 Å². The summed E-state index contributed by atoms with van der Waals surface area (Å²) in [6.07, 6.45) is 1.41. The van der Waals surface area contributed by atoms with E-state index in [9.17, 15) is 18.0 Å². The number of amidine groups is 1. The first-order valence-electron chi connectivity index (χ1n) is 10.2. The van der Waals surface area contributed by atoms with Crippen molar-refractivity contribution in [2.75, 3.05) is 16.8 Å². The molecule has 2 aliphatic heterocycles. The maximum absolute atomic E-state index is 12.9. The predicted molar refractivity (Wildman–Crippen MR) is 119 cm³/mol. The second kappa shape index (κ2) is 8.14. The van der Waals surface area contributed by atoms with Crippen LogP contribution < -0.4 is 14.9 Å². The van der Waals surface area contributed by atoms with Crippen molar-refractivity contribution in [2.24, 2.45) is 10.9 Å². The van der Waals surface area contributed by atoms with Crippen LogP contribution in [0.15, 0.2) is 58.4 Å². The van der Waals surface area contributed by atoms with Gasteiger partial charge in [-0.1, -0.05) is 26.0 Å². The normalized spacial score (nSPS) is 19.4. The largest absolute Gasteiger partial charge is 0.324 e. The third-order valence-corrected chi connectivity index (χ3v) is 6.75. The third kappa shape index (κ3) is 4.18. The Morgan fingerprint density at radius 2 is 1.84 bits per heavy atom. The van der Waals surface area contributed by atoms with Gasteiger partial charge in [0.05, 0.1) is 4.90 Å². The number of benzene rings is 2. The van der Waals surface area contributed by atoms with E-state index in [1.165, 1.54) is 6.07 Å². The Morgan fingerprint density at radius 1 is 1.13 bits per heavy atom. The lowest BCUT2D eigenvalue weighted by Gasteiger charge is -2.19. The van der Waals surface area contributed by atoms with Gasteiger partial charge in [-0.25, -0.2) is 8.42 Å². The first-order valence-corrected chi connectivity index (χ1v) is 11.7. The third-order valence-electron chi connectivity index (χ3n) is 5.35. The molecule has 2 aromatic carbocycles. The number of nitrogens with zero attached hydrogens (tertiary/aromatic N) is 2. The number of hydrogen-bond donors (Lipinski definition) is 2. The highest BCUT2D eigenvalue weighted by Gasteiger charge is 2.32. The van der Waals surface area contributed by atoms with Crippen LogP contribution in [-0.4, -0.2) is 38.7 Å². The summed E-state index contributed by atoms with van der Waals surface area (Å²) in [5, 5.41) is 2.84. The molecule has 0 bridgehead atoms. The Kier molecular flexibility index (Phi) is 5.53. The van der Waals surface area contributed by atoms with Gasteiger partial charge in [0, 0.05) is 29.9 Å². The van der Waals surface area contributed by atoms with Crippen molar-refractivity contribution in [3.63, 3.8) is 0 Å². The fraction of sp³-hybridized carbons (Fsp3) is 0.318. The second-order valence-corrected chi connectivity index (χ2v) is 9.60. The van der Waals surface area contributed by atoms with Crippen LogP contribution in [0.5, 0.6) is 0 Å². The van der Waals surface area contributed by atoms with E-state index in [1.807, 2.05) is 13.8 Å². The summed E-state index contributed by atoms with van der Waals surface area (Å²) in [4.78, 5) is 31.2. The van der Waals surface area contributed by atoms with Gasteiger partial charge in [-0.2, -0.15) is 0 Å². The summed E-state index contributed by atoms with van der Waals surface area (Å²) in [6, 6.07) is 12.9. The maximum atomic E-state index is 12.9. The highest BCUT2D eigenvalue weighted by atomic mass is 32.2. The molecule has 0 unspecified atom stereocenters. The monoisotopic (exact) mass is 440 g/mol. The van der Waals surface area contributed by atoms with E-state index in [2.05, 4.69) is 15.0 Å². The van der Waals surface area contributed by atoms with E-state index >= 15 is 0 Å². The van der Waals surface area contributed by atoms with Crippen molar-refractivity contribution in [1.82, 2.24) is 4.72 Å². The van der Waals surface area contributed by atoms with Gasteiger partial charge in [-0.15, -0.1) is 0 Å². The van der Waals surface area contributed by atoms with Crippen molar-refractivity contribution < 1.29 is 18.0 Å². The van der Waals surface area contributed by atoms with Gasteiger partial charge in [0.1, 0.15) is 11.9 Å². The topological polar surface area (TPSA) is 108 Å². The summed E-state index contributed by atoms with van der Waals surface area (Å²) >= 11 is 0. The number of nitrogens with one attached hydrogen (secondary N) is 2. The molecule has 8 nitrogen and oxygen atoms in total. The Balaban J connectivity index is 1.54. The Labute approximate surface area is 181 Å². The average Bonchev–Trinajstić information content (AvgIpc) is 3.27. The standard InChI is InChI=1S/C22H24N4O4S/c1-14(2)20(24-21-17-6-3-4-7-18(17)31(29,30)25-21)22(28)23-15-9-11-16(12-10-15)26-13-5-8-19(26)27/h3-4,6-7,9-12,14,20H,5,8,13H2,1-2H3,(H,23,28)(H,24,25)/t20-/m0/s1. The minimum Gasteiger partial charge on any atom is -0.324 e. The number of rotatable bonds is 5. The molecule has 1 fully saturated rings. The van der Waals surface area contributed by atoms with Gasteiger partial charge in [0.25, 0.3) is 10.0 Å². The Morgan fingerprint density at radius 3 is 2.48 bits per heavy atom. The second-order valence-electron chi connectivity index (χ2n) is 7.95. The average molecular weight is 441 g/mol. The predicted octanol–water partition coefficient (Wildman–Crippen LogP) is 2.52. The molecule has 2 aliphatic rings. The lowest BCUT2D eigenvalue weighted by molar-refractivity contribution is -0.118. The summed E-state index contributed by atoms with van der Waals surface area (Å²) in [6.45, 7) is 4.41. The van der Waals surface area contributed by atoms with E-state index < -0.39 is 16.1 Å². The lowest BCUT2D eigenvalue weighted by Crippen LogP contribution is -2.34. The van der Waals surface area contributed by atoms with Gasteiger partial charge < -0.3 is 10.2 Å². The molecule has 0 aliphatic carbocycles. The van der Waals surface area contributed by atoms with Crippen LogP contribution in [-0.2, 0) is 19.6 Å². The molecular formula is C22H24N4O4S. The molecule has 2 aromatic rings. The molecule has 162 valence electrons. The zero-order valence-corrected chi connectivity index (χ0v) is 18.1. The van der Waals surface area contributed by atoms with Crippen molar-refractivity contribution >= 4 is 39.0 Å². The fourth-order valence-corrected chi connectivity index (χ4v) is 4.98. The first kappa shape index (κ1) is 21.0. The van der Waals surface area contributed by atoms with E-state index in [4.69, 9.17) is 0 Å². The van der Waals surface area contributed by atoms with E-state index in [0.29, 0.717) is 24.2 Å². The number of fused-ring (bicyclic) bond motifs is 1. The quantitative estimate of drug-likeness (QED) is 0.745. The molecule has 2 heterocycles. The first-order chi connectivity index (χ1) is 14.8. The Hall–Kier alpha value is -3.20. The number of amides is 2. The van der Waals surface area contributed by atoms with Crippen molar-refractivity contribution in [1.29, 1.82) is 0 Å². The lowest BCUT2D eigenvalue weighted by atomic mass is 10.0. The maximum Gasteiger partial charge on any atom is 0.263 e. The van der Waals surface area contributed by atoms with Crippen molar-refractivity contribution in [3.8, 4) is 0 Å². The molecule has 0 saturated carbocycles. The number of carbonyl (C=O) groups is 2. The zero-order valence-electron chi connectivity index (χ0n) is 17.3. The van der Waals surface area contributed by atoms with Gasteiger partial charge in [-0.05, 0) is 48.7 Å². The number of anilines is 2. The van der Waals surface area contributed by atoms with Crippen LogP contribution in [0.1, 0.15) is 32.3 Å². The Bertz CT molecular complexity index is 1160. The highest BCUT2D eigenvalue weighted by molar-refractivity contribution is 7.90. The number of carbonyl (C=O) groups excluding carboxylic acids is 2. The summed E-state index contributed by atoms with van der Waals surface area (Å²) in [5.41, 5.74) is 1.84. The SMILES string of the molecule is CC(C)[C@H](N=C1NS(=O)(=O)c2ccccc21)C(=O)Nc1ccc(N2CCCC2=O)cc1.